The average Bonchev–Trinajstić information content (AvgIpc) is 1.97. The fourth-order valence-electron chi connectivity index (χ4n) is 0.852. The lowest BCUT2D eigenvalue weighted by Crippen LogP contribution is -1.98. The van der Waals surface area contributed by atoms with Crippen LogP contribution >= 0.6 is 0 Å². The van der Waals surface area contributed by atoms with Gasteiger partial charge in [-0.25, -0.2) is 4.98 Å². The summed E-state index contributed by atoms with van der Waals surface area (Å²) in [5.41, 5.74) is 3.33. The summed E-state index contributed by atoms with van der Waals surface area (Å²) < 4.78 is 0. The second-order valence-corrected chi connectivity index (χ2v) is 2.47. The highest BCUT2D eigenvalue weighted by Crippen LogP contribution is 2.04. The number of rotatable bonds is 0. The van der Waals surface area contributed by atoms with Gasteiger partial charge in [0.05, 0.1) is 17.1 Å². The monoisotopic (exact) mass is 146 g/mol. The van der Waals surface area contributed by atoms with E-state index in [9.17, 15) is 0 Å². The molecule has 1 heterocycles. The molecular formula is C9H10N2. The number of aromatic nitrogens is 2. The Kier molecular flexibility index (Phi) is 1.91. The van der Waals surface area contributed by atoms with Crippen molar-refractivity contribution in [1.29, 1.82) is 0 Å². The molecule has 0 spiro atoms. The molecule has 0 aliphatic carbocycles. The summed E-state index contributed by atoms with van der Waals surface area (Å²) in [4.78, 5) is 8.43. The average molecular weight is 146 g/mol. The van der Waals surface area contributed by atoms with Gasteiger partial charge in [-0.3, -0.25) is 4.98 Å². The Morgan fingerprint density at radius 3 is 2.09 bits per heavy atom. The van der Waals surface area contributed by atoms with Crippen molar-refractivity contribution in [2.75, 3.05) is 0 Å². The van der Waals surface area contributed by atoms with E-state index in [1.165, 1.54) is 0 Å². The first kappa shape index (κ1) is 7.74. The predicted molar refractivity (Wildman–Crippen MR) is 44.2 cm³/mol. The van der Waals surface area contributed by atoms with Crippen molar-refractivity contribution >= 4 is 0 Å². The van der Waals surface area contributed by atoms with Crippen LogP contribution < -0.4 is 0 Å². The van der Waals surface area contributed by atoms with E-state index in [1.807, 2.05) is 20.8 Å². The third-order valence-electron chi connectivity index (χ3n) is 1.62. The van der Waals surface area contributed by atoms with Crippen molar-refractivity contribution < 1.29 is 0 Å². The van der Waals surface area contributed by atoms with Crippen molar-refractivity contribution in [2.24, 2.45) is 0 Å². The lowest BCUT2D eigenvalue weighted by Gasteiger charge is -2.01. The fourth-order valence-corrected chi connectivity index (χ4v) is 0.852. The molecular weight excluding hydrogens is 136 g/mol. The molecule has 0 atom stereocenters. The lowest BCUT2D eigenvalue weighted by molar-refractivity contribution is 0.988. The molecule has 0 unspecified atom stereocenters. The number of hydrogen-bond acceptors (Lipinski definition) is 2. The second-order valence-electron chi connectivity index (χ2n) is 2.47. The highest BCUT2D eigenvalue weighted by Gasteiger charge is 2.00. The van der Waals surface area contributed by atoms with Crippen LogP contribution in [-0.4, -0.2) is 9.97 Å². The van der Waals surface area contributed by atoms with E-state index in [-0.39, 0.29) is 0 Å². The van der Waals surface area contributed by atoms with Gasteiger partial charge in [-0.15, -0.1) is 6.42 Å². The van der Waals surface area contributed by atoms with Gasteiger partial charge in [-0.05, 0) is 26.7 Å². The minimum atomic E-state index is 0.646. The van der Waals surface area contributed by atoms with Crippen LogP contribution in [0.3, 0.4) is 0 Å². The van der Waals surface area contributed by atoms with Crippen LogP contribution in [0, 0.1) is 33.1 Å². The Morgan fingerprint density at radius 1 is 1.00 bits per heavy atom. The van der Waals surface area contributed by atoms with E-state index >= 15 is 0 Å². The first-order chi connectivity index (χ1) is 5.15. The van der Waals surface area contributed by atoms with Crippen LogP contribution in [0.4, 0.5) is 0 Å². The lowest BCUT2D eigenvalue weighted by atomic mass is 10.3. The smallest absolute Gasteiger partial charge is 0.134 e. The number of hydrogen-bond donors (Lipinski definition) is 0. The van der Waals surface area contributed by atoms with E-state index in [2.05, 4.69) is 15.9 Å². The van der Waals surface area contributed by atoms with E-state index in [4.69, 9.17) is 6.42 Å². The highest BCUT2D eigenvalue weighted by molar-refractivity contribution is 5.30. The van der Waals surface area contributed by atoms with Crippen LogP contribution in [0.15, 0.2) is 0 Å². The van der Waals surface area contributed by atoms with Gasteiger partial charge >= 0.3 is 0 Å². The Labute approximate surface area is 66.7 Å². The SMILES string of the molecule is C#Cc1nc(C)c(C)nc1C. The zero-order valence-electron chi connectivity index (χ0n) is 6.97. The second kappa shape index (κ2) is 2.71. The minimum absolute atomic E-state index is 0.646. The molecule has 11 heavy (non-hydrogen) atoms. The summed E-state index contributed by atoms with van der Waals surface area (Å²) in [6.45, 7) is 5.70. The number of terminal acetylenes is 1. The highest BCUT2D eigenvalue weighted by atomic mass is 14.8. The molecule has 56 valence electrons. The van der Waals surface area contributed by atoms with Crippen molar-refractivity contribution in [1.82, 2.24) is 9.97 Å². The molecule has 2 nitrogen and oxygen atoms in total. The number of aryl methyl sites for hydroxylation is 3. The van der Waals surface area contributed by atoms with Crippen LogP contribution in [0.2, 0.25) is 0 Å². The maximum atomic E-state index is 5.22. The maximum Gasteiger partial charge on any atom is 0.134 e. The molecule has 1 rings (SSSR count). The van der Waals surface area contributed by atoms with Gasteiger partial charge in [0, 0.05) is 0 Å². The molecule has 1 aromatic heterocycles. The zero-order chi connectivity index (χ0) is 8.43. The Hall–Kier alpha value is -1.36. The first-order valence-corrected chi connectivity index (χ1v) is 3.43. The molecule has 0 aliphatic rings. The summed E-state index contributed by atoms with van der Waals surface area (Å²) in [7, 11) is 0. The predicted octanol–water partition coefficient (Wildman–Crippen LogP) is 1.38. The van der Waals surface area contributed by atoms with Gasteiger partial charge in [0.2, 0.25) is 0 Å². The zero-order valence-corrected chi connectivity index (χ0v) is 6.97. The Morgan fingerprint density at radius 2 is 1.55 bits per heavy atom. The third kappa shape index (κ3) is 1.38. The van der Waals surface area contributed by atoms with Gasteiger partial charge in [0.15, 0.2) is 0 Å². The summed E-state index contributed by atoms with van der Waals surface area (Å²) in [5.74, 6) is 2.49. The van der Waals surface area contributed by atoms with Gasteiger partial charge in [0.25, 0.3) is 0 Å². The molecule has 0 fully saturated rings. The largest absolute Gasteiger partial charge is 0.254 e. The summed E-state index contributed by atoms with van der Waals surface area (Å²) in [5, 5.41) is 0. The van der Waals surface area contributed by atoms with Crippen LogP contribution in [-0.2, 0) is 0 Å². The summed E-state index contributed by atoms with van der Waals surface area (Å²) in [6, 6.07) is 0. The van der Waals surface area contributed by atoms with Crippen molar-refractivity contribution in [3.05, 3.63) is 22.8 Å². The Bertz CT molecular complexity index is 321. The van der Waals surface area contributed by atoms with Crippen molar-refractivity contribution in [3.8, 4) is 12.3 Å². The first-order valence-electron chi connectivity index (χ1n) is 3.43. The van der Waals surface area contributed by atoms with Gasteiger partial charge < -0.3 is 0 Å². The van der Waals surface area contributed by atoms with Gasteiger partial charge in [-0.2, -0.15) is 0 Å². The molecule has 1 aromatic rings. The van der Waals surface area contributed by atoms with E-state index in [0.717, 1.165) is 17.1 Å². The molecule has 0 saturated carbocycles. The third-order valence-corrected chi connectivity index (χ3v) is 1.62. The maximum absolute atomic E-state index is 5.22. The molecule has 0 amide bonds. The molecule has 0 bridgehead atoms. The fraction of sp³-hybridized carbons (Fsp3) is 0.333. The van der Waals surface area contributed by atoms with E-state index < -0.39 is 0 Å². The molecule has 0 radical (unpaired) electrons. The normalized spacial score (nSPS) is 9.27. The topological polar surface area (TPSA) is 25.8 Å². The van der Waals surface area contributed by atoms with Crippen LogP contribution in [0.5, 0.6) is 0 Å². The summed E-state index contributed by atoms with van der Waals surface area (Å²) >= 11 is 0. The number of nitrogens with zero attached hydrogens (tertiary/aromatic N) is 2. The van der Waals surface area contributed by atoms with Crippen molar-refractivity contribution in [3.63, 3.8) is 0 Å². The van der Waals surface area contributed by atoms with Gasteiger partial charge in [-0.1, -0.05) is 0 Å². The minimum Gasteiger partial charge on any atom is -0.254 e. The molecule has 0 N–H and O–H groups in total. The van der Waals surface area contributed by atoms with Crippen molar-refractivity contribution in [2.45, 2.75) is 20.8 Å². The molecule has 0 saturated heterocycles. The quantitative estimate of drug-likeness (QED) is 0.517. The summed E-state index contributed by atoms with van der Waals surface area (Å²) in [6.07, 6.45) is 5.22. The van der Waals surface area contributed by atoms with E-state index in [1.54, 1.807) is 0 Å². The van der Waals surface area contributed by atoms with Gasteiger partial charge in [0.1, 0.15) is 5.69 Å². The van der Waals surface area contributed by atoms with E-state index in [0.29, 0.717) is 5.69 Å². The van der Waals surface area contributed by atoms with Crippen LogP contribution in [0.25, 0.3) is 0 Å². The molecule has 0 aliphatic heterocycles. The Balaban J connectivity index is 3.35. The standard InChI is InChI=1S/C9H10N2/c1-5-9-8(4)10-6(2)7(3)11-9/h1H,2-4H3. The molecule has 0 aromatic carbocycles. The van der Waals surface area contributed by atoms with Crippen LogP contribution in [0.1, 0.15) is 22.8 Å². The molecule has 2 heteroatoms.